The highest BCUT2D eigenvalue weighted by molar-refractivity contribution is 6.29. The number of halogens is 1. The Balaban J connectivity index is 1.60. The fraction of sp³-hybridized carbons (Fsp3) is 0.0556. The van der Waals surface area contributed by atoms with Gasteiger partial charge in [0.05, 0.1) is 0 Å². The Morgan fingerprint density at radius 2 is 1.64 bits per heavy atom. The maximum atomic E-state index is 12.0. The van der Waals surface area contributed by atoms with Crippen LogP contribution in [0.1, 0.15) is 5.69 Å². The van der Waals surface area contributed by atoms with Crippen LogP contribution in [-0.2, 0) is 0 Å². The molecule has 25 heavy (non-hydrogen) atoms. The molecule has 0 aliphatic heterocycles. The zero-order chi connectivity index (χ0) is 17.6. The van der Waals surface area contributed by atoms with Crippen LogP contribution in [-0.4, -0.2) is 16.0 Å². The Morgan fingerprint density at radius 1 is 0.960 bits per heavy atom. The molecule has 7 heteroatoms. The fourth-order valence-electron chi connectivity index (χ4n) is 2.08. The van der Waals surface area contributed by atoms with Gasteiger partial charge in [-0.15, -0.1) is 0 Å². The largest absolute Gasteiger partial charge is 0.457 e. The number of anilines is 2. The van der Waals surface area contributed by atoms with Gasteiger partial charge < -0.3 is 10.1 Å². The SMILES string of the molecule is Cc1cc(Cl)nc(NC(=O)Nc2ccc(Oc3ccccc3)cc2)n1. The summed E-state index contributed by atoms with van der Waals surface area (Å²) in [4.78, 5) is 20.0. The van der Waals surface area contributed by atoms with Gasteiger partial charge >= 0.3 is 6.03 Å². The maximum Gasteiger partial charge on any atom is 0.326 e. The van der Waals surface area contributed by atoms with E-state index in [4.69, 9.17) is 16.3 Å². The van der Waals surface area contributed by atoms with Crippen LogP contribution in [0.2, 0.25) is 5.15 Å². The molecule has 0 saturated carbocycles. The summed E-state index contributed by atoms with van der Waals surface area (Å²) in [5, 5.41) is 5.50. The van der Waals surface area contributed by atoms with Crippen molar-refractivity contribution in [1.82, 2.24) is 9.97 Å². The highest BCUT2D eigenvalue weighted by atomic mass is 35.5. The standard InChI is InChI=1S/C18H15ClN4O2/c1-12-11-16(19)22-17(20-12)23-18(24)21-13-7-9-15(10-8-13)25-14-5-3-2-4-6-14/h2-11H,1H3,(H2,20,21,22,23,24). The van der Waals surface area contributed by atoms with Crippen LogP contribution in [0, 0.1) is 6.92 Å². The van der Waals surface area contributed by atoms with Gasteiger partial charge in [-0.25, -0.2) is 14.8 Å². The summed E-state index contributed by atoms with van der Waals surface area (Å²) in [5.74, 6) is 1.56. The monoisotopic (exact) mass is 354 g/mol. The minimum absolute atomic E-state index is 0.145. The van der Waals surface area contributed by atoms with Crippen molar-refractivity contribution in [1.29, 1.82) is 0 Å². The van der Waals surface area contributed by atoms with Gasteiger partial charge in [0.2, 0.25) is 5.95 Å². The van der Waals surface area contributed by atoms with E-state index in [2.05, 4.69) is 20.6 Å². The van der Waals surface area contributed by atoms with Crippen LogP contribution >= 0.6 is 11.6 Å². The third kappa shape index (κ3) is 4.92. The molecule has 0 radical (unpaired) electrons. The van der Waals surface area contributed by atoms with Gasteiger partial charge in [0.15, 0.2) is 0 Å². The molecule has 6 nitrogen and oxygen atoms in total. The number of carbonyl (C=O) groups excluding carboxylic acids is 1. The van der Waals surface area contributed by atoms with Gasteiger partial charge in [0.25, 0.3) is 0 Å². The molecule has 1 heterocycles. The van der Waals surface area contributed by atoms with Crippen molar-refractivity contribution < 1.29 is 9.53 Å². The lowest BCUT2D eigenvalue weighted by Crippen LogP contribution is -2.21. The van der Waals surface area contributed by atoms with Gasteiger partial charge in [0, 0.05) is 11.4 Å². The van der Waals surface area contributed by atoms with Gasteiger partial charge in [-0.05, 0) is 49.4 Å². The molecule has 126 valence electrons. The van der Waals surface area contributed by atoms with Crippen molar-refractivity contribution in [2.24, 2.45) is 0 Å². The van der Waals surface area contributed by atoms with E-state index in [1.54, 1.807) is 37.3 Å². The van der Waals surface area contributed by atoms with Crippen molar-refractivity contribution in [3.8, 4) is 11.5 Å². The molecule has 0 saturated heterocycles. The molecule has 3 rings (SSSR count). The molecule has 0 fully saturated rings. The Bertz CT molecular complexity index is 850. The van der Waals surface area contributed by atoms with Crippen molar-refractivity contribution in [3.05, 3.63) is 71.5 Å². The second-order valence-electron chi connectivity index (χ2n) is 5.17. The minimum Gasteiger partial charge on any atom is -0.457 e. The van der Waals surface area contributed by atoms with Crippen LogP contribution in [0.15, 0.2) is 60.7 Å². The van der Waals surface area contributed by atoms with Crippen LogP contribution < -0.4 is 15.4 Å². The summed E-state index contributed by atoms with van der Waals surface area (Å²) >= 11 is 5.84. The number of urea groups is 1. The maximum absolute atomic E-state index is 12.0. The van der Waals surface area contributed by atoms with E-state index < -0.39 is 6.03 Å². The Hall–Kier alpha value is -3.12. The summed E-state index contributed by atoms with van der Waals surface area (Å²) < 4.78 is 5.70. The zero-order valence-corrected chi connectivity index (χ0v) is 14.1. The van der Waals surface area contributed by atoms with Gasteiger partial charge in [0.1, 0.15) is 16.7 Å². The number of aromatic nitrogens is 2. The van der Waals surface area contributed by atoms with E-state index in [1.165, 1.54) is 0 Å². The Morgan fingerprint density at radius 3 is 2.32 bits per heavy atom. The predicted molar refractivity (Wildman–Crippen MR) is 97.4 cm³/mol. The van der Waals surface area contributed by atoms with E-state index in [9.17, 15) is 4.79 Å². The summed E-state index contributed by atoms with van der Waals surface area (Å²) in [6.07, 6.45) is 0. The molecule has 0 unspecified atom stereocenters. The molecule has 0 atom stereocenters. The first-order valence-electron chi connectivity index (χ1n) is 7.51. The first-order valence-corrected chi connectivity index (χ1v) is 7.88. The number of amides is 2. The third-order valence-electron chi connectivity index (χ3n) is 3.14. The number of carbonyl (C=O) groups is 1. The van der Waals surface area contributed by atoms with Crippen LogP contribution in [0.4, 0.5) is 16.4 Å². The molecule has 2 amide bonds. The molecule has 0 aliphatic rings. The van der Waals surface area contributed by atoms with Crippen molar-refractivity contribution >= 4 is 29.3 Å². The van der Waals surface area contributed by atoms with Crippen molar-refractivity contribution in [2.45, 2.75) is 6.92 Å². The van der Waals surface area contributed by atoms with E-state index in [1.807, 2.05) is 30.3 Å². The molecular weight excluding hydrogens is 340 g/mol. The number of nitrogens with zero attached hydrogens (tertiary/aromatic N) is 2. The summed E-state index contributed by atoms with van der Waals surface area (Å²) in [7, 11) is 0. The minimum atomic E-state index is -0.460. The van der Waals surface area contributed by atoms with Gasteiger partial charge in [-0.3, -0.25) is 5.32 Å². The normalized spacial score (nSPS) is 10.2. The lowest BCUT2D eigenvalue weighted by molar-refractivity contribution is 0.262. The molecule has 2 aromatic carbocycles. The quantitative estimate of drug-likeness (QED) is 0.655. The van der Waals surface area contributed by atoms with Crippen molar-refractivity contribution in [2.75, 3.05) is 10.6 Å². The average molecular weight is 355 g/mol. The number of rotatable bonds is 4. The van der Waals surface area contributed by atoms with Gasteiger partial charge in [-0.1, -0.05) is 29.8 Å². The van der Waals surface area contributed by atoms with Crippen LogP contribution in [0.3, 0.4) is 0 Å². The van der Waals surface area contributed by atoms with Gasteiger partial charge in [-0.2, -0.15) is 0 Å². The summed E-state index contributed by atoms with van der Waals surface area (Å²) in [6.45, 7) is 1.77. The number of ether oxygens (including phenoxy) is 1. The topological polar surface area (TPSA) is 76.1 Å². The predicted octanol–water partition coefficient (Wildman–Crippen LogP) is 4.87. The van der Waals surface area contributed by atoms with E-state index in [-0.39, 0.29) is 11.1 Å². The van der Waals surface area contributed by atoms with Crippen LogP contribution in [0.5, 0.6) is 11.5 Å². The molecule has 2 N–H and O–H groups in total. The fourth-order valence-corrected chi connectivity index (χ4v) is 2.32. The summed E-state index contributed by atoms with van der Waals surface area (Å²) in [6, 6.07) is 17.6. The number of aryl methyl sites for hydroxylation is 1. The van der Waals surface area contributed by atoms with Crippen molar-refractivity contribution in [3.63, 3.8) is 0 Å². The van der Waals surface area contributed by atoms with Crippen LogP contribution in [0.25, 0.3) is 0 Å². The lowest BCUT2D eigenvalue weighted by Gasteiger charge is -2.09. The second kappa shape index (κ2) is 7.63. The molecule has 0 spiro atoms. The highest BCUT2D eigenvalue weighted by Crippen LogP contribution is 2.22. The lowest BCUT2D eigenvalue weighted by atomic mass is 10.3. The molecule has 0 bridgehead atoms. The number of benzene rings is 2. The Kier molecular flexibility index (Phi) is 5.11. The van der Waals surface area contributed by atoms with E-state index in [0.717, 1.165) is 5.75 Å². The van der Waals surface area contributed by atoms with E-state index >= 15 is 0 Å². The molecule has 1 aromatic heterocycles. The average Bonchev–Trinajstić information content (AvgIpc) is 2.56. The van der Waals surface area contributed by atoms with E-state index in [0.29, 0.717) is 17.1 Å². The summed E-state index contributed by atoms with van der Waals surface area (Å²) in [5.41, 5.74) is 1.27. The first-order chi connectivity index (χ1) is 12.1. The third-order valence-corrected chi connectivity index (χ3v) is 3.33. The number of para-hydroxylation sites is 1. The number of nitrogens with one attached hydrogen (secondary N) is 2. The highest BCUT2D eigenvalue weighted by Gasteiger charge is 2.07. The zero-order valence-electron chi connectivity index (χ0n) is 13.4. The number of hydrogen-bond donors (Lipinski definition) is 2. The molecule has 0 aliphatic carbocycles. The molecule has 3 aromatic rings. The molecular formula is C18H15ClN4O2. The smallest absolute Gasteiger partial charge is 0.326 e. The Labute approximate surface area is 149 Å². The first kappa shape index (κ1) is 16.7. The second-order valence-corrected chi connectivity index (χ2v) is 5.56. The number of hydrogen-bond acceptors (Lipinski definition) is 4.